The molecule has 2 nitrogen and oxygen atoms in total. The predicted octanol–water partition coefficient (Wildman–Crippen LogP) is 7.17. The van der Waals surface area contributed by atoms with Gasteiger partial charge >= 0.3 is 0 Å². The third-order valence-electron chi connectivity index (χ3n) is 4.15. The largest absolute Gasteiger partial charge is 0.355 e. The molecule has 0 unspecified atom stereocenters. The molecule has 5 heteroatoms. The number of thiophene rings is 2. The molecule has 0 aliphatic rings. The van der Waals surface area contributed by atoms with Gasteiger partial charge in [-0.2, -0.15) is 11.3 Å². The molecule has 0 aliphatic carbocycles. The van der Waals surface area contributed by atoms with Crippen molar-refractivity contribution in [1.29, 1.82) is 0 Å². The van der Waals surface area contributed by atoms with Crippen molar-refractivity contribution in [3.8, 4) is 0 Å². The molecule has 0 radical (unpaired) electrons. The van der Waals surface area contributed by atoms with Gasteiger partial charge in [-0.15, -0.1) is 11.3 Å². The molecule has 3 heterocycles. The van der Waals surface area contributed by atoms with E-state index in [1.54, 1.807) is 22.7 Å². The van der Waals surface area contributed by atoms with Crippen molar-refractivity contribution >= 4 is 81.7 Å². The van der Waals surface area contributed by atoms with Gasteiger partial charge in [-0.25, -0.2) is 0 Å². The van der Waals surface area contributed by atoms with Crippen LogP contribution >= 0.6 is 38.6 Å². The fourth-order valence-electron chi connectivity index (χ4n) is 2.94. The highest BCUT2D eigenvalue weighted by Crippen LogP contribution is 2.36. The number of anilines is 2. The van der Waals surface area contributed by atoms with Gasteiger partial charge in [0.1, 0.15) is 0 Å². The summed E-state index contributed by atoms with van der Waals surface area (Å²) in [6, 6.07) is 12.9. The number of fused-ring (bicyclic) bond motifs is 3. The van der Waals surface area contributed by atoms with Gasteiger partial charge in [-0.05, 0) is 67.8 Å². The van der Waals surface area contributed by atoms with Crippen LogP contribution in [0.3, 0.4) is 0 Å². The molecule has 0 spiro atoms. The summed E-state index contributed by atoms with van der Waals surface area (Å²) < 4.78 is 2.39. The van der Waals surface area contributed by atoms with Crippen LogP contribution in [-0.2, 0) is 0 Å². The van der Waals surface area contributed by atoms with Gasteiger partial charge in [0.25, 0.3) is 0 Å². The first-order valence-electron chi connectivity index (χ1n) is 7.46. The van der Waals surface area contributed by atoms with Crippen LogP contribution in [0.1, 0.15) is 0 Å². The molecule has 0 fully saturated rings. The van der Waals surface area contributed by atoms with Gasteiger partial charge in [-0.1, -0.05) is 6.07 Å². The first kappa shape index (κ1) is 14.4. The van der Waals surface area contributed by atoms with Crippen LogP contribution in [0.5, 0.6) is 0 Å². The van der Waals surface area contributed by atoms with Gasteiger partial charge < -0.3 is 5.32 Å². The number of aromatic nitrogens is 1. The monoisotopic (exact) mass is 410 g/mol. The molecular formula is C19H11BrN2S2. The zero-order chi connectivity index (χ0) is 16.1. The van der Waals surface area contributed by atoms with Crippen LogP contribution in [0.4, 0.5) is 11.4 Å². The molecule has 5 rings (SSSR count). The van der Waals surface area contributed by atoms with Crippen LogP contribution in [0.15, 0.2) is 63.2 Å². The second-order valence-electron chi connectivity index (χ2n) is 5.65. The normalized spacial score (nSPS) is 11.5. The van der Waals surface area contributed by atoms with E-state index in [0.29, 0.717) is 0 Å². The number of hydrogen-bond donors (Lipinski definition) is 1. The summed E-state index contributed by atoms with van der Waals surface area (Å²) in [6.07, 6.45) is 1.86. The van der Waals surface area contributed by atoms with Gasteiger partial charge in [0.15, 0.2) is 0 Å². The highest BCUT2D eigenvalue weighted by molar-refractivity contribution is 9.10. The summed E-state index contributed by atoms with van der Waals surface area (Å²) in [5, 5.41) is 15.0. The SMILES string of the molecule is Brc1csc2cc3c(Nc4ccc5cscc5c4)ccnc3cc12. The topological polar surface area (TPSA) is 24.9 Å². The van der Waals surface area contributed by atoms with Gasteiger partial charge in [-0.3, -0.25) is 4.98 Å². The molecular weight excluding hydrogens is 400 g/mol. The van der Waals surface area contributed by atoms with E-state index >= 15 is 0 Å². The summed E-state index contributed by atoms with van der Waals surface area (Å²) in [5.74, 6) is 0. The average molecular weight is 411 g/mol. The van der Waals surface area contributed by atoms with E-state index in [2.05, 4.69) is 72.7 Å². The van der Waals surface area contributed by atoms with Crippen molar-refractivity contribution < 1.29 is 0 Å². The van der Waals surface area contributed by atoms with E-state index in [-0.39, 0.29) is 0 Å². The number of hydrogen-bond acceptors (Lipinski definition) is 4. The van der Waals surface area contributed by atoms with Crippen molar-refractivity contribution in [2.24, 2.45) is 0 Å². The molecule has 0 saturated carbocycles. The van der Waals surface area contributed by atoms with Gasteiger partial charge in [0.05, 0.1) is 5.52 Å². The fourth-order valence-corrected chi connectivity index (χ4v) is 5.30. The Kier molecular flexibility index (Phi) is 3.33. The second-order valence-corrected chi connectivity index (χ2v) is 8.16. The van der Waals surface area contributed by atoms with E-state index in [1.165, 1.54) is 20.9 Å². The molecule has 1 N–H and O–H groups in total. The minimum Gasteiger partial charge on any atom is -0.355 e. The van der Waals surface area contributed by atoms with Crippen molar-refractivity contribution in [2.45, 2.75) is 0 Å². The minimum absolute atomic E-state index is 1.00. The van der Waals surface area contributed by atoms with Crippen molar-refractivity contribution in [1.82, 2.24) is 4.98 Å². The summed E-state index contributed by atoms with van der Waals surface area (Å²) >= 11 is 7.09. The average Bonchev–Trinajstić information content (AvgIpc) is 3.20. The number of rotatable bonds is 2. The summed E-state index contributed by atoms with van der Waals surface area (Å²) in [4.78, 5) is 4.54. The molecule has 0 amide bonds. The lowest BCUT2D eigenvalue weighted by molar-refractivity contribution is 1.41. The number of nitrogens with one attached hydrogen (secondary N) is 1. The third kappa shape index (κ3) is 2.32. The lowest BCUT2D eigenvalue weighted by atomic mass is 10.1. The van der Waals surface area contributed by atoms with Crippen LogP contribution in [-0.4, -0.2) is 4.98 Å². The number of pyridine rings is 1. The first-order valence-corrected chi connectivity index (χ1v) is 10.1. The van der Waals surface area contributed by atoms with E-state index in [9.17, 15) is 0 Å². The lowest BCUT2D eigenvalue weighted by Crippen LogP contribution is -1.92. The van der Waals surface area contributed by atoms with Crippen molar-refractivity contribution in [3.63, 3.8) is 0 Å². The Bertz CT molecular complexity index is 1210. The maximum Gasteiger partial charge on any atom is 0.0730 e. The number of nitrogens with zero attached hydrogens (tertiary/aromatic N) is 1. The molecule has 2 aromatic carbocycles. The van der Waals surface area contributed by atoms with Crippen LogP contribution in [0.25, 0.3) is 31.8 Å². The number of benzene rings is 2. The second kappa shape index (κ2) is 5.55. The highest BCUT2D eigenvalue weighted by Gasteiger charge is 2.08. The Balaban J connectivity index is 1.66. The van der Waals surface area contributed by atoms with Crippen molar-refractivity contribution in [2.75, 3.05) is 5.32 Å². The molecule has 0 bridgehead atoms. The molecule has 0 aliphatic heterocycles. The summed E-state index contributed by atoms with van der Waals surface area (Å²) in [5.41, 5.74) is 3.19. The standard InChI is InChI=1S/C19H11BrN2S2/c20-16-10-24-19-7-15-17(3-4-21-18(15)6-14(16)19)22-13-2-1-11-8-23-9-12(11)5-13/h1-10H,(H,21,22). The zero-order valence-corrected chi connectivity index (χ0v) is 15.6. The Morgan fingerprint density at radius 3 is 2.79 bits per heavy atom. The van der Waals surface area contributed by atoms with Crippen LogP contribution in [0, 0.1) is 0 Å². The smallest absolute Gasteiger partial charge is 0.0730 e. The quantitative estimate of drug-likeness (QED) is 0.333. The Morgan fingerprint density at radius 2 is 1.83 bits per heavy atom. The van der Waals surface area contributed by atoms with Crippen molar-refractivity contribution in [3.05, 3.63) is 63.2 Å². The Labute approximate surface area is 154 Å². The third-order valence-corrected chi connectivity index (χ3v) is 6.83. The molecule has 116 valence electrons. The maximum atomic E-state index is 4.54. The lowest BCUT2D eigenvalue weighted by Gasteiger charge is -2.10. The molecule has 0 atom stereocenters. The summed E-state index contributed by atoms with van der Waals surface area (Å²) in [6.45, 7) is 0. The number of halogens is 1. The van der Waals surface area contributed by atoms with E-state index < -0.39 is 0 Å². The Morgan fingerprint density at radius 1 is 0.917 bits per heavy atom. The molecule has 0 saturated heterocycles. The molecule has 3 aromatic heterocycles. The molecule has 24 heavy (non-hydrogen) atoms. The summed E-state index contributed by atoms with van der Waals surface area (Å²) in [7, 11) is 0. The van der Waals surface area contributed by atoms with Gasteiger partial charge in [0.2, 0.25) is 0 Å². The first-order chi connectivity index (χ1) is 11.8. The predicted molar refractivity (Wildman–Crippen MR) is 110 cm³/mol. The molecule has 5 aromatic rings. The van der Waals surface area contributed by atoms with Gasteiger partial charge in [0, 0.05) is 42.9 Å². The zero-order valence-electron chi connectivity index (χ0n) is 12.4. The maximum absolute atomic E-state index is 4.54. The Hall–Kier alpha value is -1.95. The van der Waals surface area contributed by atoms with Crippen LogP contribution < -0.4 is 5.32 Å². The van der Waals surface area contributed by atoms with Crippen LogP contribution in [0.2, 0.25) is 0 Å². The van der Waals surface area contributed by atoms with E-state index in [0.717, 1.165) is 26.8 Å². The van der Waals surface area contributed by atoms with E-state index in [4.69, 9.17) is 0 Å². The highest BCUT2D eigenvalue weighted by atomic mass is 79.9. The van der Waals surface area contributed by atoms with E-state index in [1.807, 2.05) is 12.3 Å². The minimum atomic E-state index is 1.00. The fraction of sp³-hybridized carbons (Fsp3) is 0.